The summed E-state index contributed by atoms with van der Waals surface area (Å²) < 4.78 is 11.2. The molecule has 2 saturated heterocycles. The van der Waals surface area contributed by atoms with Crippen molar-refractivity contribution in [2.24, 2.45) is 0 Å². The number of benzene rings is 2. The molecule has 2 heterocycles. The van der Waals surface area contributed by atoms with Crippen molar-refractivity contribution in [3.05, 3.63) is 71.3 Å². The van der Waals surface area contributed by atoms with Crippen LogP contribution < -0.4 is 4.74 Å². The average molecular weight is 451 g/mol. The van der Waals surface area contributed by atoms with Crippen molar-refractivity contribution in [2.45, 2.75) is 19.4 Å². The van der Waals surface area contributed by atoms with E-state index in [4.69, 9.17) is 9.47 Å². The standard InChI is InChI=1S/C26H30N2O5/c1-2-15-33-21-10-6-9-20(18-21)23-22(24(29)19-7-4-3-5-8-19)25(30)26(31)28(23)12-11-27-13-16-32-17-14-27/h3-10,18,23,29H,2,11-17H2,1H3/b24-22+. The molecule has 0 aliphatic carbocycles. The lowest BCUT2D eigenvalue weighted by Crippen LogP contribution is -2.42. The fourth-order valence-corrected chi connectivity index (χ4v) is 4.28. The van der Waals surface area contributed by atoms with Gasteiger partial charge in [0.2, 0.25) is 0 Å². The molecule has 2 aromatic carbocycles. The highest BCUT2D eigenvalue weighted by molar-refractivity contribution is 6.46. The number of aliphatic hydroxyl groups excluding tert-OH is 1. The highest BCUT2D eigenvalue weighted by Gasteiger charge is 2.46. The largest absolute Gasteiger partial charge is 0.507 e. The summed E-state index contributed by atoms with van der Waals surface area (Å²) in [5, 5.41) is 11.1. The van der Waals surface area contributed by atoms with Crippen LogP contribution in [0.1, 0.15) is 30.5 Å². The number of carbonyl (C=O) groups is 2. The first kappa shape index (κ1) is 23.0. The summed E-state index contributed by atoms with van der Waals surface area (Å²) in [5.41, 5.74) is 1.36. The third-order valence-corrected chi connectivity index (χ3v) is 5.99. The van der Waals surface area contributed by atoms with Crippen LogP contribution in [0.2, 0.25) is 0 Å². The third-order valence-electron chi connectivity index (χ3n) is 5.99. The molecule has 1 unspecified atom stereocenters. The van der Waals surface area contributed by atoms with E-state index >= 15 is 0 Å². The smallest absolute Gasteiger partial charge is 0.295 e. The zero-order valence-corrected chi connectivity index (χ0v) is 18.9. The fraction of sp³-hybridized carbons (Fsp3) is 0.385. The minimum Gasteiger partial charge on any atom is -0.507 e. The van der Waals surface area contributed by atoms with Gasteiger partial charge in [0.25, 0.3) is 11.7 Å². The molecule has 2 aromatic rings. The molecule has 4 rings (SSSR count). The first-order chi connectivity index (χ1) is 16.1. The monoisotopic (exact) mass is 450 g/mol. The zero-order valence-electron chi connectivity index (χ0n) is 18.9. The lowest BCUT2D eigenvalue weighted by molar-refractivity contribution is -0.140. The van der Waals surface area contributed by atoms with Crippen molar-refractivity contribution < 1.29 is 24.2 Å². The quantitative estimate of drug-likeness (QED) is 0.378. The maximum absolute atomic E-state index is 13.1. The lowest BCUT2D eigenvalue weighted by atomic mass is 9.95. The molecule has 1 atom stereocenters. The van der Waals surface area contributed by atoms with E-state index < -0.39 is 17.7 Å². The number of ether oxygens (including phenoxy) is 2. The van der Waals surface area contributed by atoms with Crippen LogP contribution in [-0.2, 0) is 14.3 Å². The summed E-state index contributed by atoms with van der Waals surface area (Å²) in [6, 6.07) is 15.6. The van der Waals surface area contributed by atoms with Gasteiger partial charge in [-0.15, -0.1) is 0 Å². The molecular weight excluding hydrogens is 420 g/mol. The highest BCUT2D eigenvalue weighted by atomic mass is 16.5. The van der Waals surface area contributed by atoms with Crippen LogP contribution in [0.25, 0.3) is 5.76 Å². The second kappa shape index (κ2) is 10.6. The summed E-state index contributed by atoms with van der Waals surface area (Å²) in [6.07, 6.45) is 0.871. The van der Waals surface area contributed by atoms with E-state index in [1.807, 2.05) is 37.3 Å². The number of amides is 1. The fourth-order valence-electron chi connectivity index (χ4n) is 4.28. The SMILES string of the molecule is CCCOc1cccc(C2/C(=C(\O)c3ccccc3)C(=O)C(=O)N2CCN2CCOCC2)c1. The Hall–Kier alpha value is -3.16. The van der Waals surface area contributed by atoms with Gasteiger partial charge in [0, 0.05) is 31.7 Å². The van der Waals surface area contributed by atoms with Crippen LogP contribution in [0, 0.1) is 0 Å². The average Bonchev–Trinajstić information content (AvgIpc) is 3.12. The molecule has 1 amide bonds. The van der Waals surface area contributed by atoms with Crippen LogP contribution in [0.15, 0.2) is 60.2 Å². The van der Waals surface area contributed by atoms with Crippen molar-refractivity contribution in [3.8, 4) is 5.75 Å². The number of Topliss-reactive ketones (excluding diaryl/α,β-unsaturated/α-hetero) is 1. The summed E-state index contributed by atoms with van der Waals surface area (Å²) >= 11 is 0. The van der Waals surface area contributed by atoms with Crippen molar-refractivity contribution in [3.63, 3.8) is 0 Å². The van der Waals surface area contributed by atoms with E-state index in [1.54, 1.807) is 29.2 Å². The molecule has 2 aliphatic rings. The van der Waals surface area contributed by atoms with Gasteiger partial charge in [-0.1, -0.05) is 49.4 Å². The summed E-state index contributed by atoms with van der Waals surface area (Å²) in [5.74, 6) is -0.741. The van der Waals surface area contributed by atoms with Gasteiger partial charge in [-0.25, -0.2) is 0 Å². The van der Waals surface area contributed by atoms with E-state index in [0.29, 0.717) is 44.2 Å². The molecule has 0 aromatic heterocycles. The number of morpholine rings is 1. The van der Waals surface area contributed by atoms with Gasteiger partial charge in [-0.2, -0.15) is 0 Å². The van der Waals surface area contributed by atoms with Gasteiger partial charge in [-0.3, -0.25) is 14.5 Å². The third kappa shape index (κ3) is 5.10. The molecular formula is C26H30N2O5. The molecule has 0 bridgehead atoms. The van der Waals surface area contributed by atoms with E-state index in [1.165, 1.54) is 0 Å². The highest BCUT2D eigenvalue weighted by Crippen LogP contribution is 2.40. The van der Waals surface area contributed by atoms with Gasteiger partial charge < -0.3 is 19.5 Å². The summed E-state index contributed by atoms with van der Waals surface area (Å²) in [6.45, 7) is 6.51. The molecule has 2 aliphatic heterocycles. The van der Waals surface area contributed by atoms with Crippen molar-refractivity contribution in [1.82, 2.24) is 9.80 Å². The number of carbonyl (C=O) groups excluding carboxylic acids is 2. The summed E-state index contributed by atoms with van der Waals surface area (Å²) in [4.78, 5) is 30.1. The van der Waals surface area contributed by atoms with E-state index in [-0.39, 0.29) is 11.3 Å². The minimum atomic E-state index is -0.684. The van der Waals surface area contributed by atoms with Crippen molar-refractivity contribution in [2.75, 3.05) is 46.0 Å². The topological polar surface area (TPSA) is 79.3 Å². The number of hydrogen-bond acceptors (Lipinski definition) is 6. The number of nitrogens with zero attached hydrogens (tertiary/aromatic N) is 2. The second-order valence-electron chi connectivity index (χ2n) is 8.23. The number of rotatable bonds is 8. The molecule has 1 N–H and O–H groups in total. The van der Waals surface area contributed by atoms with Crippen LogP contribution >= 0.6 is 0 Å². The number of aliphatic hydroxyl groups is 1. The van der Waals surface area contributed by atoms with E-state index in [9.17, 15) is 14.7 Å². The van der Waals surface area contributed by atoms with Gasteiger partial charge in [0.1, 0.15) is 11.5 Å². The maximum atomic E-state index is 13.1. The van der Waals surface area contributed by atoms with Gasteiger partial charge in [0.15, 0.2) is 0 Å². The van der Waals surface area contributed by atoms with Gasteiger partial charge >= 0.3 is 0 Å². The van der Waals surface area contributed by atoms with E-state index in [0.717, 1.165) is 25.1 Å². The Kier molecular flexibility index (Phi) is 7.42. The number of hydrogen-bond donors (Lipinski definition) is 1. The Morgan fingerprint density at radius 2 is 1.82 bits per heavy atom. The van der Waals surface area contributed by atoms with Crippen LogP contribution in [-0.4, -0.2) is 72.6 Å². The molecule has 7 heteroatoms. The maximum Gasteiger partial charge on any atom is 0.295 e. The molecule has 0 radical (unpaired) electrons. The Labute approximate surface area is 194 Å². The lowest BCUT2D eigenvalue weighted by Gasteiger charge is -2.31. The Bertz CT molecular complexity index is 1010. The first-order valence-electron chi connectivity index (χ1n) is 11.5. The van der Waals surface area contributed by atoms with Crippen LogP contribution in [0.4, 0.5) is 0 Å². The van der Waals surface area contributed by atoms with E-state index in [2.05, 4.69) is 4.90 Å². The Morgan fingerprint density at radius 3 is 2.55 bits per heavy atom. The second-order valence-corrected chi connectivity index (χ2v) is 8.23. The predicted octanol–water partition coefficient (Wildman–Crippen LogP) is 3.23. The molecule has 0 saturated carbocycles. The molecule has 2 fully saturated rings. The zero-order chi connectivity index (χ0) is 23.2. The van der Waals surface area contributed by atoms with Gasteiger partial charge in [-0.05, 0) is 24.1 Å². The Morgan fingerprint density at radius 1 is 1.06 bits per heavy atom. The number of ketones is 1. The summed E-state index contributed by atoms with van der Waals surface area (Å²) in [7, 11) is 0. The van der Waals surface area contributed by atoms with Crippen LogP contribution in [0.5, 0.6) is 5.75 Å². The first-order valence-corrected chi connectivity index (χ1v) is 11.5. The van der Waals surface area contributed by atoms with Crippen molar-refractivity contribution >= 4 is 17.4 Å². The molecule has 174 valence electrons. The molecule has 0 spiro atoms. The predicted molar refractivity (Wildman–Crippen MR) is 125 cm³/mol. The molecule has 7 nitrogen and oxygen atoms in total. The van der Waals surface area contributed by atoms with Crippen molar-refractivity contribution in [1.29, 1.82) is 0 Å². The molecule has 33 heavy (non-hydrogen) atoms. The minimum absolute atomic E-state index is 0.112. The van der Waals surface area contributed by atoms with Crippen LogP contribution in [0.3, 0.4) is 0 Å². The Balaban J connectivity index is 1.72. The van der Waals surface area contributed by atoms with Gasteiger partial charge in [0.05, 0.1) is 31.4 Å². The number of likely N-dealkylation sites (tertiary alicyclic amines) is 1. The normalized spacial score (nSPS) is 20.9.